The predicted molar refractivity (Wildman–Crippen MR) is 70.2 cm³/mol. The number of hydrogen-bond acceptors (Lipinski definition) is 4. The monoisotopic (exact) mass is 244 g/mol. The van der Waals surface area contributed by atoms with E-state index in [9.17, 15) is 0 Å². The van der Waals surface area contributed by atoms with Crippen LogP contribution in [-0.2, 0) is 4.74 Å². The van der Waals surface area contributed by atoms with Crippen molar-refractivity contribution >= 4 is 0 Å². The van der Waals surface area contributed by atoms with Gasteiger partial charge in [0, 0.05) is 38.3 Å². The van der Waals surface area contributed by atoms with Crippen molar-refractivity contribution in [1.29, 1.82) is 0 Å². The molecule has 1 aliphatic rings. The van der Waals surface area contributed by atoms with Crippen LogP contribution in [0, 0.1) is 5.41 Å². The van der Waals surface area contributed by atoms with Gasteiger partial charge < -0.3 is 20.1 Å². The van der Waals surface area contributed by atoms with Gasteiger partial charge in [-0.25, -0.2) is 0 Å². The highest BCUT2D eigenvalue weighted by Crippen LogP contribution is 2.29. The molecule has 0 aromatic heterocycles. The molecule has 4 nitrogen and oxygen atoms in total. The molecule has 1 fully saturated rings. The van der Waals surface area contributed by atoms with Crippen LogP contribution in [0.1, 0.15) is 26.2 Å². The number of hydrogen-bond donors (Lipinski definition) is 2. The molecule has 1 unspecified atom stereocenters. The molecule has 1 saturated heterocycles. The summed E-state index contributed by atoms with van der Waals surface area (Å²) in [7, 11) is 2.01. The van der Waals surface area contributed by atoms with Gasteiger partial charge in [0.25, 0.3) is 0 Å². The summed E-state index contributed by atoms with van der Waals surface area (Å²) in [6.07, 6.45) is 3.27. The smallest absolute Gasteiger partial charge is 0.0546 e. The van der Waals surface area contributed by atoms with Crippen LogP contribution in [0.25, 0.3) is 0 Å². The molecule has 17 heavy (non-hydrogen) atoms. The van der Waals surface area contributed by atoms with E-state index in [1.807, 2.05) is 7.05 Å². The summed E-state index contributed by atoms with van der Waals surface area (Å²) in [5.41, 5.74) is 0.262. The highest BCUT2D eigenvalue weighted by Gasteiger charge is 2.33. The number of aliphatic hydroxyl groups excluding tert-OH is 1. The molecule has 0 spiro atoms. The maximum Gasteiger partial charge on any atom is 0.0546 e. The topological polar surface area (TPSA) is 44.7 Å². The summed E-state index contributed by atoms with van der Waals surface area (Å²) in [5.74, 6) is 0. The van der Waals surface area contributed by atoms with Crippen LogP contribution in [0.4, 0.5) is 0 Å². The van der Waals surface area contributed by atoms with Gasteiger partial charge >= 0.3 is 0 Å². The Morgan fingerprint density at radius 2 is 2.29 bits per heavy atom. The van der Waals surface area contributed by atoms with Gasteiger partial charge in [0.15, 0.2) is 0 Å². The van der Waals surface area contributed by atoms with Crippen LogP contribution in [-0.4, -0.2) is 63.1 Å². The average molecular weight is 244 g/mol. The van der Waals surface area contributed by atoms with Crippen molar-refractivity contribution in [2.75, 3.05) is 53.0 Å². The fourth-order valence-electron chi connectivity index (χ4n) is 2.72. The highest BCUT2D eigenvalue weighted by atomic mass is 16.5. The molecule has 1 aliphatic heterocycles. The third-order valence-electron chi connectivity index (χ3n) is 3.59. The summed E-state index contributed by atoms with van der Waals surface area (Å²) < 4.78 is 5.67. The van der Waals surface area contributed by atoms with Gasteiger partial charge in [-0.2, -0.15) is 0 Å². The van der Waals surface area contributed by atoms with Crippen molar-refractivity contribution < 1.29 is 9.84 Å². The van der Waals surface area contributed by atoms with E-state index in [-0.39, 0.29) is 12.0 Å². The lowest BCUT2D eigenvalue weighted by molar-refractivity contribution is -0.0252. The van der Waals surface area contributed by atoms with Gasteiger partial charge in [-0.15, -0.1) is 0 Å². The van der Waals surface area contributed by atoms with Gasteiger partial charge in [0.05, 0.1) is 6.61 Å². The van der Waals surface area contributed by atoms with Crippen molar-refractivity contribution in [2.45, 2.75) is 26.2 Å². The third kappa shape index (κ3) is 4.92. The number of nitrogens with zero attached hydrogens (tertiary/aromatic N) is 1. The predicted octanol–water partition coefficient (Wildman–Crippen LogP) is 0.707. The normalized spacial score (nSPS) is 25.4. The van der Waals surface area contributed by atoms with E-state index in [4.69, 9.17) is 9.84 Å². The molecule has 0 aromatic carbocycles. The lowest BCUT2D eigenvalue weighted by Crippen LogP contribution is -2.48. The Bertz CT molecular complexity index is 188. The summed E-state index contributed by atoms with van der Waals surface area (Å²) in [6, 6.07) is 0. The third-order valence-corrected chi connectivity index (χ3v) is 3.59. The quantitative estimate of drug-likeness (QED) is 0.660. The van der Waals surface area contributed by atoms with Crippen LogP contribution in [0.5, 0.6) is 0 Å². The van der Waals surface area contributed by atoms with Crippen molar-refractivity contribution in [1.82, 2.24) is 10.2 Å². The molecule has 0 saturated carbocycles. The van der Waals surface area contributed by atoms with Crippen LogP contribution < -0.4 is 5.32 Å². The lowest BCUT2D eigenvalue weighted by atomic mass is 9.81. The highest BCUT2D eigenvalue weighted by molar-refractivity contribution is 4.86. The van der Waals surface area contributed by atoms with Crippen LogP contribution in [0.3, 0.4) is 0 Å². The summed E-state index contributed by atoms with van der Waals surface area (Å²) >= 11 is 0. The number of aliphatic hydroxyl groups is 1. The summed E-state index contributed by atoms with van der Waals surface area (Å²) in [4.78, 5) is 2.43. The van der Waals surface area contributed by atoms with E-state index >= 15 is 0 Å². The maximum absolute atomic E-state index is 8.92. The molecule has 1 atom stereocenters. The van der Waals surface area contributed by atoms with Crippen molar-refractivity contribution in [3.05, 3.63) is 0 Å². The standard InChI is InChI=1S/C13H28N2O2/c1-3-15(7-5-8-16)11-13(10-14-2)6-4-9-17-12-13/h14,16H,3-12H2,1-2H3. The molecule has 0 aromatic rings. The first-order valence-electron chi connectivity index (χ1n) is 6.82. The van der Waals surface area contributed by atoms with Crippen molar-refractivity contribution in [3.63, 3.8) is 0 Å². The average Bonchev–Trinajstić information content (AvgIpc) is 2.36. The van der Waals surface area contributed by atoms with Gasteiger partial charge in [-0.05, 0) is 32.9 Å². The number of ether oxygens (including phenoxy) is 1. The molecule has 102 valence electrons. The zero-order valence-corrected chi connectivity index (χ0v) is 11.4. The molecule has 1 heterocycles. The molecule has 0 amide bonds. The first-order valence-corrected chi connectivity index (χ1v) is 6.82. The Hall–Kier alpha value is -0.160. The van der Waals surface area contributed by atoms with Gasteiger partial charge in [0.1, 0.15) is 0 Å². The maximum atomic E-state index is 8.92. The van der Waals surface area contributed by atoms with Crippen molar-refractivity contribution in [3.8, 4) is 0 Å². The fourth-order valence-corrected chi connectivity index (χ4v) is 2.72. The van der Waals surface area contributed by atoms with Crippen LogP contribution in [0.15, 0.2) is 0 Å². The van der Waals surface area contributed by atoms with Gasteiger partial charge in [-0.3, -0.25) is 0 Å². The number of rotatable bonds is 8. The lowest BCUT2D eigenvalue weighted by Gasteiger charge is -2.40. The van der Waals surface area contributed by atoms with E-state index < -0.39 is 0 Å². The van der Waals surface area contributed by atoms with Crippen LogP contribution in [0.2, 0.25) is 0 Å². The molecule has 0 aliphatic carbocycles. The SMILES string of the molecule is CCN(CCCO)CC1(CNC)CCCOC1. The Morgan fingerprint density at radius 3 is 2.82 bits per heavy atom. The zero-order valence-electron chi connectivity index (χ0n) is 11.4. The first kappa shape index (κ1) is 14.9. The van der Waals surface area contributed by atoms with E-state index in [1.54, 1.807) is 0 Å². The molecule has 1 rings (SSSR count). The first-order chi connectivity index (χ1) is 8.26. The van der Waals surface area contributed by atoms with E-state index in [1.165, 1.54) is 12.8 Å². The Labute approximate surface area is 105 Å². The largest absolute Gasteiger partial charge is 0.396 e. The second-order valence-electron chi connectivity index (χ2n) is 5.13. The summed E-state index contributed by atoms with van der Waals surface area (Å²) in [6.45, 7) is 8.37. The molecule has 4 heteroatoms. The minimum Gasteiger partial charge on any atom is -0.396 e. The minimum atomic E-state index is 0.262. The zero-order chi connectivity index (χ0) is 12.6. The second-order valence-corrected chi connectivity index (χ2v) is 5.13. The second kappa shape index (κ2) is 8.03. The van der Waals surface area contributed by atoms with Gasteiger partial charge in [-0.1, -0.05) is 6.92 Å². The summed E-state index contributed by atoms with van der Waals surface area (Å²) in [5, 5.41) is 12.2. The molecular formula is C13H28N2O2. The molecule has 0 radical (unpaired) electrons. The minimum absolute atomic E-state index is 0.262. The molecular weight excluding hydrogens is 216 g/mol. The Balaban J connectivity index is 2.50. The van der Waals surface area contributed by atoms with E-state index in [0.717, 1.165) is 45.8 Å². The van der Waals surface area contributed by atoms with E-state index in [0.29, 0.717) is 0 Å². The number of nitrogens with one attached hydrogen (secondary N) is 1. The van der Waals surface area contributed by atoms with Crippen LogP contribution >= 0.6 is 0 Å². The van der Waals surface area contributed by atoms with E-state index in [2.05, 4.69) is 17.1 Å². The van der Waals surface area contributed by atoms with Gasteiger partial charge in [0.2, 0.25) is 0 Å². The molecule has 0 bridgehead atoms. The van der Waals surface area contributed by atoms with Crippen molar-refractivity contribution in [2.24, 2.45) is 5.41 Å². The molecule has 2 N–H and O–H groups in total. The fraction of sp³-hybridized carbons (Fsp3) is 1.00. The Morgan fingerprint density at radius 1 is 1.47 bits per heavy atom. The Kier molecular flexibility index (Phi) is 7.04.